The van der Waals surface area contributed by atoms with Crippen LogP contribution in [0.1, 0.15) is 158 Å². The van der Waals surface area contributed by atoms with E-state index in [-0.39, 0.29) is 54.4 Å². The van der Waals surface area contributed by atoms with Gasteiger partial charge in [-0.05, 0) is 99.1 Å². The van der Waals surface area contributed by atoms with Gasteiger partial charge in [0.15, 0.2) is 0 Å². The summed E-state index contributed by atoms with van der Waals surface area (Å²) >= 11 is 0. The molecule has 0 bridgehead atoms. The molecule has 0 spiro atoms. The van der Waals surface area contributed by atoms with Crippen molar-refractivity contribution in [2.45, 2.75) is 157 Å². The third-order valence-corrected chi connectivity index (χ3v) is 38.7. The second kappa shape index (κ2) is 22.2. The molecule has 306 valence electrons. The number of rotatable bonds is 6. The Bertz CT molecular complexity index is 1440. The van der Waals surface area contributed by atoms with Crippen LogP contribution in [-0.2, 0) is 32.5 Å². The van der Waals surface area contributed by atoms with Gasteiger partial charge >= 0.3 is 0 Å². The smallest absolute Gasteiger partial charge is 0.0753 e. The van der Waals surface area contributed by atoms with Crippen molar-refractivity contribution < 1.29 is 0 Å². The molecule has 0 radical (unpaired) electrons. The molecule has 0 saturated carbocycles. The molecule has 12 unspecified atom stereocenters. The zero-order valence-electron chi connectivity index (χ0n) is 36.7. The average Bonchev–Trinajstić information content (AvgIpc) is 3.04. The first-order valence-corrected chi connectivity index (χ1v) is 38.3. The summed E-state index contributed by atoms with van der Waals surface area (Å²) in [5.41, 5.74) is 11.2. The molecule has 2 aromatic heterocycles. The number of aromatic nitrogens is 2. The van der Waals surface area contributed by atoms with Crippen LogP contribution >= 0.6 is 99.3 Å². The highest BCUT2D eigenvalue weighted by molar-refractivity contribution is 8.64. The average molecular weight is 957 g/mol. The van der Waals surface area contributed by atoms with Crippen molar-refractivity contribution >= 4 is 115 Å². The van der Waals surface area contributed by atoms with Gasteiger partial charge in [0.1, 0.15) is 0 Å². The minimum Gasteiger partial charge on any atom is -0.264 e. The fourth-order valence-electron chi connectivity index (χ4n) is 6.34. The van der Waals surface area contributed by atoms with E-state index in [0.29, 0.717) is 0 Å². The molecular weight excluding hydrogens is 880 g/mol. The van der Waals surface area contributed by atoms with Crippen molar-refractivity contribution in [2.75, 3.05) is 0 Å². The predicted molar refractivity (Wildman–Crippen MR) is 290 cm³/mol. The van der Waals surface area contributed by atoms with Crippen molar-refractivity contribution in [3.05, 3.63) is 76.2 Å². The molecule has 0 aliphatic rings. The van der Waals surface area contributed by atoms with Crippen LogP contribution in [0.5, 0.6) is 0 Å². The van der Waals surface area contributed by atoms with Crippen LogP contribution in [0.4, 0.5) is 0 Å². The maximum atomic E-state index is 4.69. The Hall–Kier alpha value is 2.68. The Morgan fingerprint density at radius 1 is 0.444 bits per heavy atom. The number of hydrogen-bond acceptors (Lipinski definition) is 2. The quantitative estimate of drug-likeness (QED) is 0.230. The van der Waals surface area contributed by atoms with E-state index < -0.39 is 0 Å². The molecular formula is C40H76N2P12. The third kappa shape index (κ3) is 16.2. The highest BCUT2D eigenvalue weighted by Gasteiger charge is 2.32. The molecule has 3 aromatic rings. The summed E-state index contributed by atoms with van der Waals surface area (Å²) in [5, 5.41) is 3.01. The Morgan fingerprint density at radius 3 is 1.22 bits per heavy atom. The van der Waals surface area contributed by atoms with E-state index in [2.05, 4.69) is 220 Å². The van der Waals surface area contributed by atoms with Gasteiger partial charge in [0, 0.05) is 23.9 Å². The Morgan fingerprint density at radius 2 is 0.833 bits per heavy atom. The lowest BCUT2D eigenvalue weighted by molar-refractivity contribution is 0.531. The number of hydrogen-bond donors (Lipinski definition) is 0. The Kier molecular flexibility index (Phi) is 22.4. The largest absolute Gasteiger partial charge is 0.264 e. The molecule has 12 atom stereocenters. The fourth-order valence-corrected chi connectivity index (χ4v) is 17.7. The third-order valence-electron chi connectivity index (χ3n) is 8.74. The molecule has 2 heterocycles. The molecule has 0 N–H and O–H groups in total. The summed E-state index contributed by atoms with van der Waals surface area (Å²) < 4.78 is 0. The van der Waals surface area contributed by atoms with E-state index in [1.165, 1.54) is 38.6 Å². The summed E-state index contributed by atoms with van der Waals surface area (Å²) in [6.07, 6.45) is 6.12. The summed E-state index contributed by atoms with van der Waals surface area (Å²) in [4.78, 5) is 9.18. The highest BCUT2D eigenvalue weighted by atomic mass is 32.6. The summed E-state index contributed by atoms with van der Waals surface area (Å²) in [6.45, 7) is 41.4. The normalized spacial score (nSPS) is 15.3. The van der Waals surface area contributed by atoms with Gasteiger partial charge in [0.2, 0.25) is 0 Å². The van der Waals surface area contributed by atoms with Crippen LogP contribution < -0.4 is 16.0 Å². The second-order valence-electron chi connectivity index (χ2n) is 19.8. The monoisotopic (exact) mass is 956 g/mol. The van der Waals surface area contributed by atoms with Crippen molar-refractivity contribution in [1.29, 1.82) is 0 Å². The lowest BCUT2D eigenvalue weighted by Crippen LogP contribution is -2.29. The van der Waals surface area contributed by atoms with Crippen molar-refractivity contribution in [3.8, 4) is 0 Å². The van der Waals surface area contributed by atoms with Gasteiger partial charge in [-0.15, -0.1) is 53.6 Å². The first-order valence-electron chi connectivity index (χ1n) is 18.4. The van der Waals surface area contributed by atoms with Crippen LogP contribution in [0.2, 0.25) is 0 Å². The molecule has 0 saturated heterocycles. The molecule has 0 amide bonds. The van der Waals surface area contributed by atoms with Crippen molar-refractivity contribution in [1.82, 2.24) is 9.97 Å². The van der Waals surface area contributed by atoms with E-state index in [0.717, 1.165) is 23.9 Å². The minimum atomic E-state index is -0.226. The molecule has 0 aliphatic heterocycles. The maximum absolute atomic E-state index is 4.69. The topological polar surface area (TPSA) is 25.8 Å². The van der Waals surface area contributed by atoms with Crippen LogP contribution in [0.25, 0.3) is 0 Å². The van der Waals surface area contributed by atoms with Gasteiger partial charge in [-0.1, -0.05) is 167 Å². The fraction of sp³-hybridized carbons (Fsp3) is 0.600. The van der Waals surface area contributed by atoms with Crippen LogP contribution in [0, 0.1) is 0 Å². The number of pyridine rings is 2. The Balaban J connectivity index is 0.000000405. The first kappa shape index (κ1) is 54.7. The molecule has 3 rings (SSSR count). The zero-order valence-corrected chi connectivity index (χ0v) is 49.4. The summed E-state index contributed by atoms with van der Waals surface area (Å²) in [6, 6.07) is 9.06. The molecule has 2 nitrogen and oxygen atoms in total. The lowest BCUT2D eigenvalue weighted by Gasteiger charge is -2.33. The van der Waals surface area contributed by atoms with Gasteiger partial charge < -0.3 is 0 Å². The van der Waals surface area contributed by atoms with E-state index in [1.807, 2.05) is 6.20 Å². The second-order valence-corrected chi connectivity index (χ2v) is 47.1. The SMILES string of the molecule is CC(C)(C)c1cccc(P(P)PP)c1C(C)(C)C.CC(C)(C)c1ccnc(P(P)PP)c1C(C)(C)C.CC(C)(C)c1cncc(P(P)PP)c1C(C)(C)C. The molecule has 0 fully saturated rings. The molecule has 54 heavy (non-hydrogen) atoms. The number of nitrogens with zero attached hydrogens (tertiary/aromatic N) is 2. The van der Waals surface area contributed by atoms with Gasteiger partial charge in [0.25, 0.3) is 0 Å². The van der Waals surface area contributed by atoms with Gasteiger partial charge in [-0.25, -0.2) is 0 Å². The standard InChI is InChI=1S/C14H26P4.2C13H25NP4/c1-13(2,3)10-8-7-9-11(18(16)17-15)12(10)14(4,5)6;1-12(2,3)9-7-14-8-10(18(16)17-15)11(9)13(4,5)6;1-12(2,3)9-7-8-14-11(18(16)17-15)10(9)13(4,5)6/h7-9,17H,15-16H2,1-6H3;2*7-8,17H,15-16H2,1-6H3. The van der Waals surface area contributed by atoms with E-state index >= 15 is 0 Å². The zero-order chi connectivity index (χ0) is 42.4. The van der Waals surface area contributed by atoms with E-state index in [9.17, 15) is 0 Å². The number of benzene rings is 1. The van der Waals surface area contributed by atoms with Crippen molar-refractivity contribution in [3.63, 3.8) is 0 Å². The van der Waals surface area contributed by atoms with E-state index in [4.69, 9.17) is 4.98 Å². The van der Waals surface area contributed by atoms with Crippen LogP contribution in [0.3, 0.4) is 0 Å². The van der Waals surface area contributed by atoms with Crippen LogP contribution in [0.15, 0.2) is 42.9 Å². The molecule has 1 aromatic carbocycles. The summed E-state index contributed by atoms with van der Waals surface area (Å²) in [7, 11) is 19.9. The Labute approximate surface area is 356 Å². The van der Waals surface area contributed by atoms with Gasteiger partial charge in [-0.3, -0.25) is 9.97 Å². The predicted octanol–water partition coefficient (Wildman–Crippen LogP) is 15.5. The minimum absolute atomic E-state index is 0.114. The lowest BCUT2D eigenvalue weighted by atomic mass is 9.75. The van der Waals surface area contributed by atoms with Crippen LogP contribution in [-0.4, -0.2) is 9.97 Å². The summed E-state index contributed by atoms with van der Waals surface area (Å²) in [5.74, 6) is 0. The highest BCUT2D eigenvalue weighted by Crippen LogP contribution is 2.67. The van der Waals surface area contributed by atoms with E-state index in [1.54, 1.807) is 10.9 Å². The van der Waals surface area contributed by atoms with Gasteiger partial charge in [0.05, 0.1) is 5.44 Å². The first-order chi connectivity index (χ1) is 24.3. The molecule has 14 heteroatoms. The molecule has 0 aliphatic carbocycles. The maximum Gasteiger partial charge on any atom is 0.0753 e. The van der Waals surface area contributed by atoms with Gasteiger partial charge in [-0.2, -0.15) is 0 Å². The van der Waals surface area contributed by atoms with Crippen molar-refractivity contribution in [2.24, 2.45) is 0 Å².